The summed E-state index contributed by atoms with van der Waals surface area (Å²) in [5.41, 5.74) is 9.67. The normalized spacial score (nSPS) is 10.3. The maximum absolute atomic E-state index is 11.8. The highest BCUT2D eigenvalue weighted by atomic mass is 35.5. The molecule has 1 aromatic carbocycles. The van der Waals surface area contributed by atoms with Crippen LogP contribution in [0.25, 0.3) is 11.4 Å². The second kappa shape index (κ2) is 8.62. The second-order valence-electron chi connectivity index (χ2n) is 6.08. The number of aromatic amines is 1. The van der Waals surface area contributed by atoms with Crippen molar-refractivity contribution in [3.8, 4) is 17.5 Å². The highest BCUT2D eigenvalue weighted by Gasteiger charge is 2.14. The first-order chi connectivity index (χ1) is 12.5. The van der Waals surface area contributed by atoms with Gasteiger partial charge in [-0.1, -0.05) is 29.4 Å². The monoisotopic (exact) mass is 385 g/mol. The Hall–Kier alpha value is -2.95. The van der Waals surface area contributed by atoms with Gasteiger partial charge in [0.15, 0.2) is 0 Å². The molecule has 3 N–H and O–H groups in total. The highest BCUT2D eigenvalue weighted by molar-refractivity contribution is 5.85. The van der Waals surface area contributed by atoms with Crippen LogP contribution in [-0.2, 0) is 19.4 Å². The first-order valence-electron chi connectivity index (χ1n) is 8.28. The first kappa shape index (κ1) is 20.4. The van der Waals surface area contributed by atoms with Gasteiger partial charge in [0.25, 0.3) is 5.56 Å². The van der Waals surface area contributed by atoms with Gasteiger partial charge < -0.3 is 15.2 Å². The summed E-state index contributed by atoms with van der Waals surface area (Å²) in [4.78, 5) is 18.9. The van der Waals surface area contributed by atoms with E-state index in [1.165, 1.54) is 0 Å². The van der Waals surface area contributed by atoms with Gasteiger partial charge in [0.05, 0.1) is 0 Å². The number of aromatic nitrogens is 3. The zero-order chi connectivity index (χ0) is 18.7. The Morgan fingerprint density at radius 2 is 1.93 bits per heavy atom. The van der Waals surface area contributed by atoms with Crippen LogP contribution in [-0.4, -0.2) is 15.1 Å². The van der Waals surface area contributed by atoms with Gasteiger partial charge in [-0.3, -0.25) is 4.79 Å². The van der Waals surface area contributed by atoms with E-state index >= 15 is 0 Å². The summed E-state index contributed by atoms with van der Waals surface area (Å²) in [6.45, 7) is 4.10. The molecule has 7 nitrogen and oxygen atoms in total. The van der Waals surface area contributed by atoms with Crippen molar-refractivity contribution in [3.63, 3.8) is 0 Å². The van der Waals surface area contributed by atoms with E-state index in [4.69, 9.17) is 15.5 Å². The Balaban J connectivity index is 0.00000261. The lowest BCUT2D eigenvalue weighted by molar-refractivity contribution is 0.378. The average molecular weight is 386 g/mol. The van der Waals surface area contributed by atoms with E-state index in [0.717, 1.165) is 22.4 Å². The van der Waals surface area contributed by atoms with Crippen LogP contribution < -0.4 is 11.3 Å². The smallest absolute Gasteiger partial charge is 0.266 e. The van der Waals surface area contributed by atoms with Crippen LogP contribution in [0.1, 0.15) is 33.8 Å². The molecular weight excluding hydrogens is 366 g/mol. The first-order valence-corrected chi connectivity index (χ1v) is 8.28. The summed E-state index contributed by atoms with van der Waals surface area (Å²) >= 11 is 0. The number of benzene rings is 1. The molecule has 8 heteroatoms. The molecule has 3 aromatic rings. The number of rotatable bonds is 5. The van der Waals surface area contributed by atoms with Crippen molar-refractivity contribution in [2.24, 2.45) is 5.73 Å². The minimum atomic E-state index is -0.354. The fourth-order valence-electron chi connectivity index (χ4n) is 2.92. The van der Waals surface area contributed by atoms with Crippen LogP contribution in [0, 0.1) is 25.2 Å². The number of halogens is 1. The number of aryl methyl sites for hydroxylation is 2. The van der Waals surface area contributed by atoms with E-state index < -0.39 is 0 Å². The standard InChI is InChI=1S/C19H19N5O2.ClH/c1-11-15(12(2)22-19(25)16(11)10-21)7-8-17-23-18(24-26-17)14-5-3-13(9-20)4-6-14;/h3-6H,7-9,20H2,1-2H3,(H,22,25);1H. The average Bonchev–Trinajstić information content (AvgIpc) is 3.10. The van der Waals surface area contributed by atoms with Gasteiger partial charge >= 0.3 is 0 Å². The molecule has 140 valence electrons. The largest absolute Gasteiger partial charge is 0.339 e. The maximum atomic E-state index is 11.8. The van der Waals surface area contributed by atoms with Crippen LogP contribution >= 0.6 is 12.4 Å². The molecule has 0 spiro atoms. The molecule has 27 heavy (non-hydrogen) atoms. The minimum Gasteiger partial charge on any atom is -0.339 e. The Labute approximate surface area is 162 Å². The van der Waals surface area contributed by atoms with Crippen molar-refractivity contribution in [3.05, 3.63) is 68.5 Å². The third kappa shape index (κ3) is 4.25. The molecule has 3 rings (SSSR count). The van der Waals surface area contributed by atoms with E-state index in [1.54, 1.807) is 6.92 Å². The summed E-state index contributed by atoms with van der Waals surface area (Å²) in [6, 6.07) is 9.64. The van der Waals surface area contributed by atoms with E-state index in [-0.39, 0.29) is 23.5 Å². The van der Waals surface area contributed by atoms with Crippen molar-refractivity contribution in [2.75, 3.05) is 0 Å². The predicted octanol–water partition coefficient (Wildman–Crippen LogP) is 2.58. The van der Waals surface area contributed by atoms with Gasteiger partial charge in [0.1, 0.15) is 11.6 Å². The molecule has 0 saturated carbocycles. The zero-order valence-electron chi connectivity index (χ0n) is 15.1. The number of H-pyrrole nitrogens is 1. The van der Waals surface area contributed by atoms with Gasteiger partial charge in [-0.2, -0.15) is 10.2 Å². The number of hydrogen-bond acceptors (Lipinski definition) is 6. The van der Waals surface area contributed by atoms with Crippen LogP contribution in [0.15, 0.2) is 33.6 Å². The molecular formula is C19H20ClN5O2. The van der Waals surface area contributed by atoms with Crippen LogP contribution in [0.4, 0.5) is 0 Å². The lowest BCUT2D eigenvalue weighted by atomic mass is 9.99. The van der Waals surface area contributed by atoms with E-state index in [1.807, 2.05) is 37.3 Å². The molecule has 0 aliphatic rings. The van der Waals surface area contributed by atoms with Gasteiger partial charge in [0.2, 0.25) is 11.7 Å². The maximum Gasteiger partial charge on any atom is 0.266 e. The molecule has 2 heterocycles. The second-order valence-corrected chi connectivity index (χ2v) is 6.08. The Morgan fingerprint density at radius 3 is 2.56 bits per heavy atom. The summed E-state index contributed by atoms with van der Waals surface area (Å²) in [7, 11) is 0. The van der Waals surface area contributed by atoms with Crippen LogP contribution in [0.2, 0.25) is 0 Å². The van der Waals surface area contributed by atoms with Crippen molar-refractivity contribution in [2.45, 2.75) is 33.2 Å². The predicted molar refractivity (Wildman–Crippen MR) is 104 cm³/mol. The van der Waals surface area contributed by atoms with Gasteiger partial charge in [-0.05, 0) is 37.0 Å². The Morgan fingerprint density at radius 1 is 1.22 bits per heavy atom. The van der Waals surface area contributed by atoms with Crippen molar-refractivity contribution >= 4 is 12.4 Å². The number of nitriles is 1. The number of nitrogens with two attached hydrogens (primary N) is 1. The molecule has 0 aliphatic heterocycles. The van der Waals surface area contributed by atoms with Crippen LogP contribution in [0.3, 0.4) is 0 Å². The van der Waals surface area contributed by atoms with Crippen molar-refractivity contribution < 1.29 is 4.52 Å². The quantitative estimate of drug-likeness (QED) is 0.696. The SMILES string of the molecule is Cc1[nH]c(=O)c(C#N)c(C)c1CCc1nc(-c2ccc(CN)cc2)no1.Cl. The third-order valence-electron chi connectivity index (χ3n) is 4.43. The summed E-state index contributed by atoms with van der Waals surface area (Å²) in [5.74, 6) is 1.03. The molecule has 0 unspecified atom stereocenters. The molecule has 0 bridgehead atoms. The van der Waals surface area contributed by atoms with Gasteiger partial charge in [-0.25, -0.2) is 0 Å². The molecule has 2 aromatic heterocycles. The fraction of sp³-hybridized carbons (Fsp3) is 0.263. The fourth-order valence-corrected chi connectivity index (χ4v) is 2.92. The zero-order valence-corrected chi connectivity index (χ0v) is 15.9. The van der Waals surface area contributed by atoms with Crippen molar-refractivity contribution in [1.82, 2.24) is 15.1 Å². The van der Waals surface area contributed by atoms with Gasteiger partial charge in [0, 0.05) is 24.2 Å². The Kier molecular flexibility index (Phi) is 6.50. The topological polar surface area (TPSA) is 122 Å². The molecule has 0 fully saturated rings. The molecule has 0 saturated heterocycles. The molecule has 0 aliphatic carbocycles. The van der Waals surface area contributed by atoms with E-state index in [2.05, 4.69) is 15.1 Å². The number of nitrogens with one attached hydrogen (secondary N) is 1. The summed E-state index contributed by atoms with van der Waals surface area (Å²) in [5, 5.41) is 13.2. The lowest BCUT2D eigenvalue weighted by Gasteiger charge is -2.09. The molecule has 0 radical (unpaired) electrons. The molecule has 0 amide bonds. The lowest BCUT2D eigenvalue weighted by Crippen LogP contribution is -2.16. The number of pyridine rings is 1. The van der Waals surface area contributed by atoms with E-state index in [9.17, 15) is 4.79 Å². The Bertz CT molecular complexity index is 1030. The number of nitrogens with zero attached hydrogens (tertiary/aromatic N) is 3. The number of hydrogen-bond donors (Lipinski definition) is 2. The van der Waals surface area contributed by atoms with E-state index in [0.29, 0.717) is 36.7 Å². The van der Waals surface area contributed by atoms with Crippen LogP contribution in [0.5, 0.6) is 0 Å². The third-order valence-corrected chi connectivity index (χ3v) is 4.43. The highest BCUT2D eigenvalue weighted by Crippen LogP contribution is 2.19. The summed E-state index contributed by atoms with van der Waals surface area (Å²) < 4.78 is 5.33. The summed E-state index contributed by atoms with van der Waals surface area (Å²) in [6.07, 6.45) is 1.11. The molecule has 0 atom stereocenters. The van der Waals surface area contributed by atoms with Crippen molar-refractivity contribution in [1.29, 1.82) is 5.26 Å². The van der Waals surface area contributed by atoms with Gasteiger partial charge in [-0.15, -0.1) is 12.4 Å². The minimum absolute atomic E-state index is 0.